The number of halogens is 1. The van der Waals surface area contributed by atoms with Gasteiger partial charge >= 0.3 is 0 Å². The van der Waals surface area contributed by atoms with Gasteiger partial charge in [0.2, 0.25) is 0 Å². The average Bonchev–Trinajstić information content (AvgIpc) is 2.61. The van der Waals surface area contributed by atoms with Gasteiger partial charge in [0.1, 0.15) is 11.3 Å². The van der Waals surface area contributed by atoms with Gasteiger partial charge in [-0.3, -0.25) is 0 Å². The smallest absolute Gasteiger partial charge is 0.110 e. The summed E-state index contributed by atoms with van der Waals surface area (Å²) in [6, 6.07) is 5.54. The standard InChI is InChI=1S/C11H14ClN3O/c1-11(16,6-13)5-9-14-8-4-2-3-7(12)10(8)15-9/h2-4,16H,5-6,13H2,1H3,(H,14,15). The number of benzene rings is 1. The number of aliphatic hydroxyl groups is 1. The van der Waals surface area contributed by atoms with Crippen molar-refractivity contribution >= 4 is 22.6 Å². The molecule has 16 heavy (non-hydrogen) atoms. The van der Waals surface area contributed by atoms with Gasteiger partial charge in [0.25, 0.3) is 0 Å². The lowest BCUT2D eigenvalue weighted by Gasteiger charge is -2.18. The molecule has 0 radical (unpaired) electrons. The van der Waals surface area contributed by atoms with Crippen molar-refractivity contribution in [2.24, 2.45) is 5.73 Å². The summed E-state index contributed by atoms with van der Waals surface area (Å²) < 4.78 is 0. The van der Waals surface area contributed by atoms with E-state index in [0.29, 0.717) is 17.3 Å². The Hall–Kier alpha value is -1.10. The minimum Gasteiger partial charge on any atom is -0.388 e. The zero-order chi connectivity index (χ0) is 11.8. The minimum atomic E-state index is -0.944. The van der Waals surface area contributed by atoms with Crippen LogP contribution in [0.4, 0.5) is 0 Å². The first-order valence-corrected chi connectivity index (χ1v) is 5.45. The Labute approximate surface area is 98.4 Å². The second-order valence-electron chi connectivity index (χ2n) is 4.20. The van der Waals surface area contributed by atoms with Crippen LogP contribution in [-0.4, -0.2) is 27.2 Å². The predicted molar refractivity (Wildman–Crippen MR) is 64.5 cm³/mol. The van der Waals surface area contributed by atoms with E-state index >= 15 is 0 Å². The number of hydrogen-bond acceptors (Lipinski definition) is 3. The van der Waals surface area contributed by atoms with Crippen LogP contribution in [0.3, 0.4) is 0 Å². The summed E-state index contributed by atoms with van der Waals surface area (Å²) in [6.07, 6.45) is 0.383. The van der Waals surface area contributed by atoms with Crippen molar-refractivity contribution in [1.82, 2.24) is 9.97 Å². The molecular weight excluding hydrogens is 226 g/mol. The Morgan fingerprint density at radius 3 is 2.94 bits per heavy atom. The molecular formula is C11H14ClN3O. The summed E-state index contributed by atoms with van der Waals surface area (Å²) in [4.78, 5) is 7.46. The number of nitrogens with one attached hydrogen (secondary N) is 1. The Kier molecular flexibility index (Phi) is 2.88. The SMILES string of the molecule is CC(O)(CN)Cc1nc2c(Cl)cccc2[nH]1. The lowest BCUT2D eigenvalue weighted by Crippen LogP contribution is -2.36. The van der Waals surface area contributed by atoms with Crippen LogP contribution in [0.1, 0.15) is 12.7 Å². The molecule has 0 amide bonds. The van der Waals surface area contributed by atoms with Crippen molar-refractivity contribution in [2.75, 3.05) is 6.54 Å². The van der Waals surface area contributed by atoms with Crippen molar-refractivity contribution in [3.8, 4) is 0 Å². The highest BCUT2D eigenvalue weighted by Crippen LogP contribution is 2.22. The number of imidazole rings is 1. The van der Waals surface area contributed by atoms with Gasteiger partial charge in [0, 0.05) is 13.0 Å². The van der Waals surface area contributed by atoms with Crippen molar-refractivity contribution in [1.29, 1.82) is 0 Å². The number of H-pyrrole nitrogens is 1. The van der Waals surface area contributed by atoms with Gasteiger partial charge in [-0.1, -0.05) is 17.7 Å². The summed E-state index contributed by atoms with van der Waals surface area (Å²) in [5.74, 6) is 0.693. The van der Waals surface area contributed by atoms with E-state index in [0.717, 1.165) is 11.0 Å². The van der Waals surface area contributed by atoms with E-state index in [-0.39, 0.29) is 6.54 Å². The first kappa shape index (κ1) is 11.4. The maximum absolute atomic E-state index is 9.85. The number of nitrogens with zero attached hydrogens (tertiary/aromatic N) is 1. The monoisotopic (exact) mass is 239 g/mol. The fraction of sp³-hybridized carbons (Fsp3) is 0.364. The number of hydrogen-bond donors (Lipinski definition) is 3. The number of para-hydroxylation sites is 1. The fourth-order valence-electron chi connectivity index (χ4n) is 1.56. The lowest BCUT2D eigenvalue weighted by atomic mass is 10.0. The van der Waals surface area contributed by atoms with Crippen LogP contribution in [0.2, 0.25) is 5.02 Å². The minimum absolute atomic E-state index is 0.192. The number of rotatable bonds is 3. The Morgan fingerprint density at radius 1 is 1.56 bits per heavy atom. The third kappa shape index (κ3) is 2.19. The summed E-state index contributed by atoms with van der Waals surface area (Å²) in [5.41, 5.74) is 6.12. The van der Waals surface area contributed by atoms with Gasteiger partial charge < -0.3 is 15.8 Å². The zero-order valence-corrected chi connectivity index (χ0v) is 9.75. The average molecular weight is 240 g/mol. The maximum Gasteiger partial charge on any atom is 0.110 e. The Morgan fingerprint density at radius 2 is 2.31 bits per heavy atom. The number of aromatic nitrogens is 2. The van der Waals surface area contributed by atoms with Crippen molar-refractivity contribution in [2.45, 2.75) is 18.9 Å². The van der Waals surface area contributed by atoms with E-state index in [2.05, 4.69) is 9.97 Å². The predicted octanol–water partition coefficient (Wildman–Crippen LogP) is 1.47. The molecule has 0 fully saturated rings. The summed E-state index contributed by atoms with van der Waals surface area (Å²) in [6.45, 7) is 1.87. The molecule has 1 atom stereocenters. The summed E-state index contributed by atoms with van der Waals surface area (Å²) in [7, 11) is 0. The lowest BCUT2D eigenvalue weighted by molar-refractivity contribution is 0.0678. The second kappa shape index (κ2) is 4.05. The molecule has 1 heterocycles. The van der Waals surface area contributed by atoms with Crippen LogP contribution < -0.4 is 5.73 Å². The largest absolute Gasteiger partial charge is 0.388 e. The molecule has 2 rings (SSSR count). The molecule has 4 nitrogen and oxygen atoms in total. The van der Waals surface area contributed by atoms with Gasteiger partial charge in [-0.2, -0.15) is 0 Å². The van der Waals surface area contributed by atoms with Gasteiger partial charge in [-0.05, 0) is 19.1 Å². The molecule has 1 aromatic carbocycles. The Bertz CT molecular complexity index is 507. The van der Waals surface area contributed by atoms with Crippen LogP contribution in [0.15, 0.2) is 18.2 Å². The number of nitrogens with two attached hydrogens (primary N) is 1. The molecule has 86 valence electrons. The van der Waals surface area contributed by atoms with E-state index in [1.54, 1.807) is 13.0 Å². The third-order valence-corrected chi connectivity index (χ3v) is 2.81. The third-order valence-electron chi connectivity index (χ3n) is 2.50. The molecule has 0 aliphatic rings. The summed E-state index contributed by atoms with van der Waals surface area (Å²) in [5, 5.41) is 10.5. The molecule has 4 N–H and O–H groups in total. The van der Waals surface area contributed by atoms with E-state index in [1.807, 2.05) is 12.1 Å². The second-order valence-corrected chi connectivity index (χ2v) is 4.60. The number of fused-ring (bicyclic) bond motifs is 1. The fourth-order valence-corrected chi connectivity index (χ4v) is 1.78. The highest BCUT2D eigenvalue weighted by molar-refractivity contribution is 6.34. The van der Waals surface area contributed by atoms with Crippen molar-refractivity contribution in [3.63, 3.8) is 0 Å². The topological polar surface area (TPSA) is 74.9 Å². The first-order chi connectivity index (χ1) is 7.52. The molecule has 0 saturated heterocycles. The molecule has 0 bridgehead atoms. The van der Waals surface area contributed by atoms with Crippen LogP contribution in [0, 0.1) is 0 Å². The number of aromatic amines is 1. The Balaban J connectivity index is 2.37. The van der Waals surface area contributed by atoms with Gasteiger partial charge in [-0.15, -0.1) is 0 Å². The van der Waals surface area contributed by atoms with Crippen LogP contribution in [0.5, 0.6) is 0 Å². The maximum atomic E-state index is 9.85. The molecule has 0 saturated carbocycles. The van der Waals surface area contributed by atoms with Crippen LogP contribution in [-0.2, 0) is 6.42 Å². The van der Waals surface area contributed by atoms with E-state index in [1.165, 1.54) is 0 Å². The highest BCUT2D eigenvalue weighted by Gasteiger charge is 2.20. The van der Waals surface area contributed by atoms with Crippen LogP contribution >= 0.6 is 11.6 Å². The highest BCUT2D eigenvalue weighted by atomic mass is 35.5. The molecule has 1 unspecified atom stereocenters. The molecule has 1 aromatic heterocycles. The van der Waals surface area contributed by atoms with Gasteiger partial charge in [0.05, 0.1) is 16.1 Å². The van der Waals surface area contributed by atoms with Crippen molar-refractivity contribution < 1.29 is 5.11 Å². The van der Waals surface area contributed by atoms with E-state index in [9.17, 15) is 5.11 Å². The molecule has 5 heteroatoms. The molecule has 0 aliphatic carbocycles. The van der Waals surface area contributed by atoms with Crippen molar-refractivity contribution in [3.05, 3.63) is 29.0 Å². The van der Waals surface area contributed by atoms with E-state index < -0.39 is 5.60 Å². The molecule has 0 aliphatic heterocycles. The quantitative estimate of drug-likeness (QED) is 0.759. The van der Waals surface area contributed by atoms with E-state index in [4.69, 9.17) is 17.3 Å². The van der Waals surface area contributed by atoms with Gasteiger partial charge in [0.15, 0.2) is 0 Å². The first-order valence-electron chi connectivity index (χ1n) is 5.07. The molecule has 0 spiro atoms. The summed E-state index contributed by atoms with van der Waals surface area (Å²) >= 11 is 6.01. The van der Waals surface area contributed by atoms with Gasteiger partial charge in [-0.25, -0.2) is 4.98 Å². The molecule has 2 aromatic rings. The zero-order valence-electron chi connectivity index (χ0n) is 9.00. The van der Waals surface area contributed by atoms with Crippen LogP contribution in [0.25, 0.3) is 11.0 Å². The normalized spacial score (nSPS) is 15.2.